The first-order valence-corrected chi connectivity index (χ1v) is 5.98. The van der Waals surface area contributed by atoms with Gasteiger partial charge in [-0.2, -0.15) is 0 Å². The van der Waals surface area contributed by atoms with E-state index in [1.54, 1.807) is 12.1 Å². The summed E-state index contributed by atoms with van der Waals surface area (Å²) < 4.78 is 18.3. The largest absolute Gasteiger partial charge is 0.457 e. The van der Waals surface area contributed by atoms with Gasteiger partial charge in [-0.05, 0) is 42.0 Å². The molecule has 16 heavy (non-hydrogen) atoms. The number of hydrogen-bond acceptors (Lipinski definition) is 1. The standard InChI is InChI=1S/C13H10BrFO/c14-9-10-2-1-3-13(8-10)16-12-6-4-11(15)5-7-12/h1-8H,9H2. The van der Waals surface area contributed by atoms with Gasteiger partial charge < -0.3 is 4.74 Å². The van der Waals surface area contributed by atoms with Crippen LogP contribution in [0.1, 0.15) is 5.56 Å². The molecule has 0 bridgehead atoms. The summed E-state index contributed by atoms with van der Waals surface area (Å²) in [7, 11) is 0. The Morgan fingerprint density at radius 1 is 1.00 bits per heavy atom. The van der Waals surface area contributed by atoms with Gasteiger partial charge in [0.2, 0.25) is 0 Å². The van der Waals surface area contributed by atoms with Crippen LogP contribution in [0.25, 0.3) is 0 Å². The average molecular weight is 281 g/mol. The van der Waals surface area contributed by atoms with Crippen molar-refractivity contribution in [3.05, 3.63) is 59.9 Å². The summed E-state index contributed by atoms with van der Waals surface area (Å²) >= 11 is 3.38. The summed E-state index contributed by atoms with van der Waals surface area (Å²) in [6, 6.07) is 13.7. The number of ether oxygens (including phenoxy) is 1. The van der Waals surface area contributed by atoms with Crippen LogP contribution in [0.2, 0.25) is 0 Å². The van der Waals surface area contributed by atoms with Crippen molar-refractivity contribution in [2.24, 2.45) is 0 Å². The number of benzene rings is 2. The van der Waals surface area contributed by atoms with Gasteiger partial charge in [0.1, 0.15) is 17.3 Å². The predicted molar refractivity (Wildman–Crippen MR) is 65.5 cm³/mol. The summed E-state index contributed by atoms with van der Waals surface area (Å²) in [4.78, 5) is 0. The van der Waals surface area contributed by atoms with Gasteiger partial charge in [0, 0.05) is 5.33 Å². The molecule has 0 aliphatic rings. The van der Waals surface area contributed by atoms with Crippen LogP contribution < -0.4 is 4.74 Å². The van der Waals surface area contributed by atoms with Crippen molar-refractivity contribution in [1.29, 1.82) is 0 Å². The van der Waals surface area contributed by atoms with E-state index < -0.39 is 0 Å². The molecule has 0 heterocycles. The number of halogens is 2. The summed E-state index contributed by atoms with van der Waals surface area (Å²) in [5, 5.41) is 0.785. The van der Waals surface area contributed by atoms with Gasteiger partial charge in [-0.1, -0.05) is 28.1 Å². The topological polar surface area (TPSA) is 9.23 Å². The monoisotopic (exact) mass is 280 g/mol. The van der Waals surface area contributed by atoms with Gasteiger partial charge in [-0.3, -0.25) is 0 Å². The second kappa shape index (κ2) is 5.12. The third-order valence-corrected chi connectivity index (χ3v) is 2.75. The highest BCUT2D eigenvalue weighted by Gasteiger charge is 1.98. The van der Waals surface area contributed by atoms with Crippen LogP contribution in [-0.4, -0.2) is 0 Å². The first kappa shape index (κ1) is 11.1. The van der Waals surface area contributed by atoms with Gasteiger partial charge in [-0.25, -0.2) is 4.39 Å². The van der Waals surface area contributed by atoms with Crippen molar-refractivity contribution in [3.8, 4) is 11.5 Å². The van der Waals surface area contributed by atoms with Crippen LogP contribution >= 0.6 is 15.9 Å². The maximum Gasteiger partial charge on any atom is 0.127 e. The molecule has 0 saturated carbocycles. The fourth-order valence-corrected chi connectivity index (χ4v) is 1.68. The van der Waals surface area contributed by atoms with E-state index in [2.05, 4.69) is 15.9 Å². The van der Waals surface area contributed by atoms with E-state index >= 15 is 0 Å². The highest BCUT2D eigenvalue weighted by atomic mass is 79.9. The van der Waals surface area contributed by atoms with Crippen molar-refractivity contribution >= 4 is 15.9 Å². The lowest BCUT2D eigenvalue weighted by molar-refractivity contribution is 0.480. The highest BCUT2D eigenvalue weighted by Crippen LogP contribution is 2.23. The number of alkyl halides is 1. The third kappa shape index (κ3) is 2.83. The smallest absolute Gasteiger partial charge is 0.127 e. The second-order valence-corrected chi connectivity index (χ2v) is 3.90. The zero-order chi connectivity index (χ0) is 11.4. The fourth-order valence-electron chi connectivity index (χ4n) is 1.33. The lowest BCUT2D eigenvalue weighted by Gasteiger charge is -2.06. The molecular weight excluding hydrogens is 271 g/mol. The highest BCUT2D eigenvalue weighted by molar-refractivity contribution is 9.08. The molecule has 0 unspecified atom stereocenters. The zero-order valence-corrected chi connectivity index (χ0v) is 10.1. The normalized spacial score (nSPS) is 10.1. The number of hydrogen-bond donors (Lipinski definition) is 0. The Bertz CT molecular complexity index is 468. The Kier molecular flexibility index (Phi) is 3.57. The molecule has 2 aromatic rings. The molecule has 0 N–H and O–H groups in total. The van der Waals surface area contributed by atoms with Crippen LogP contribution in [0.15, 0.2) is 48.5 Å². The molecule has 0 aromatic heterocycles. The molecule has 2 aromatic carbocycles. The van der Waals surface area contributed by atoms with Crippen LogP contribution in [-0.2, 0) is 5.33 Å². The van der Waals surface area contributed by atoms with Gasteiger partial charge in [-0.15, -0.1) is 0 Å². The van der Waals surface area contributed by atoms with E-state index in [9.17, 15) is 4.39 Å². The van der Waals surface area contributed by atoms with Crippen molar-refractivity contribution in [3.63, 3.8) is 0 Å². The molecule has 0 saturated heterocycles. The lowest BCUT2D eigenvalue weighted by atomic mass is 10.2. The third-order valence-electron chi connectivity index (χ3n) is 2.10. The van der Waals surface area contributed by atoms with Gasteiger partial charge in [0.25, 0.3) is 0 Å². The summed E-state index contributed by atoms with van der Waals surface area (Å²) in [6.07, 6.45) is 0. The molecule has 0 aliphatic heterocycles. The molecule has 3 heteroatoms. The van der Waals surface area contributed by atoms with E-state index in [1.165, 1.54) is 12.1 Å². The molecule has 0 amide bonds. The van der Waals surface area contributed by atoms with Gasteiger partial charge in [0.05, 0.1) is 0 Å². The van der Waals surface area contributed by atoms with E-state index in [4.69, 9.17) is 4.74 Å². The van der Waals surface area contributed by atoms with E-state index in [0.717, 1.165) is 16.6 Å². The Morgan fingerprint density at radius 3 is 2.44 bits per heavy atom. The number of rotatable bonds is 3. The van der Waals surface area contributed by atoms with Crippen LogP contribution in [0.5, 0.6) is 11.5 Å². The minimum absolute atomic E-state index is 0.262. The summed E-state index contributed by atoms with van der Waals surface area (Å²) in [6.45, 7) is 0. The van der Waals surface area contributed by atoms with Crippen molar-refractivity contribution in [2.45, 2.75) is 5.33 Å². The fraction of sp³-hybridized carbons (Fsp3) is 0.0769. The van der Waals surface area contributed by atoms with Crippen LogP contribution in [0, 0.1) is 5.82 Å². The minimum Gasteiger partial charge on any atom is -0.457 e. The lowest BCUT2D eigenvalue weighted by Crippen LogP contribution is -1.85. The predicted octanol–water partition coefficient (Wildman–Crippen LogP) is 4.51. The van der Waals surface area contributed by atoms with E-state index in [0.29, 0.717) is 5.75 Å². The van der Waals surface area contributed by atoms with Crippen molar-refractivity contribution < 1.29 is 9.13 Å². The van der Waals surface area contributed by atoms with Crippen LogP contribution in [0.4, 0.5) is 4.39 Å². The second-order valence-electron chi connectivity index (χ2n) is 3.34. The molecule has 0 atom stereocenters. The molecule has 1 nitrogen and oxygen atoms in total. The van der Waals surface area contributed by atoms with Crippen molar-refractivity contribution in [1.82, 2.24) is 0 Å². The molecule has 2 rings (SSSR count). The van der Waals surface area contributed by atoms with Gasteiger partial charge in [0.15, 0.2) is 0 Å². The molecule has 0 fully saturated rings. The van der Waals surface area contributed by atoms with Crippen LogP contribution in [0.3, 0.4) is 0 Å². The Morgan fingerprint density at radius 2 is 1.75 bits per heavy atom. The first-order chi connectivity index (χ1) is 7.78. The molecular formula is C13H10BrFO. The average Bonchev–Trinajstić information content (AvgIpc) is 2.32. The maximum atomic E-state index is 12.7. The molecule has 82 valence electrons. The van der Waals surface area contributed by atoms with Gasteiger partial charge >= 0.3 is 0 Å². The van der Waals surface area contributed by atoms with E-state index in [-0.39, 0.29) is 5.82 Å². The Hall–Kier alpha value is -1.35. The first-order valence-electron chi connectivity index (χ1n) is 4.86. The maximum absolute atomic E-state index is 12.7. The molecule has 0 radical (unpaired) electrons. The van der Waals surface area contributed by atoms with Crippen molar-refractivity contribution in [2.75, 3.05) is 0 Å². The Balaban J connectivity index is 2.16. The quantitative estimate of drug-likeness (QED) is 0.752. The zero-order valence-electron chi connectivity index (χ0n) is 8.49. The molecule has 0 spiro atoms. The Labute approximate surface area is 102 Å². The minimum atomic E-state index is -0.262. The summed E-state index contributed by atoms with van der Waals surface area (Å²) in [5.41, 5.74) is 1.14. The SMILES string of the molecule is Fc1ccc(Oc2cccc(CBr)c2)cc1. The van der Waals surface area contributed by atoms with E-state index in [1.807, 2.05) is 24.3 Å². The summed E-state index contributed by atoms with van der Waals surface area (Å²) in [5.74, 6) is 1.12. The molecule has 0 aliphatic carbocycles.